The van der Waals surface area contributed by atoms with Gasteiger partial charge in [-0.15, -0.1) is 11.8 Å². The Labute approximate surface area is 135 Å². The Morgan fingerprint density at radius 3 is 2.73 bits per heavy atom. The lowest BCUT2D eigenvalue weighted by Crippen LogP contribution is -2.26. The molecular weight excluding hydrogens is 294 g/mol. The van der Waals surface area contributed by atoms with Gasteiger partial charge < -0.3 is 10.4 Å². The van der Waals surface area contributed by atoms with Gasteiger partial charge in [-0.1, -0.05) is 29.8 Å². The molecule has 0 aliphatic rings. The molecule has 0 radical (unpaired) electrons. The van der Waals surface area contributed by atoms with Crippen LogP contribution in [0.1, 0.15) is 27.0 Å². The first-order valence-electron chi connectivity index (χ1n) is 7.28. The van der Waals surface area contributed by atoms with Crippen molar-refractivity contribution in [3.8, 4) is 0 Å². The van der Waals surface area contributed by atoms with Crippen molar-refractivity contribution in [3.05, 3.63) is 64.7 Å². The second kappa shape index (κ2) is 8.01. The van der Waals surface area contributed by atoms with Gasteiger partial charge in [0, 0.05) is 22.8 Å². The third-order valence-corrected chi connectivity index (χ3v) is 4.56. The van der Waals surface area contributed by atoms with E-state index < -0.39 is 0 Å². The first-order valence-corrected chi connectivity index (χ1v) is 8.27. The maximum absolute atomic E-state index is 11.9. The normalized spacial score (nSPS) is 10.5. The van der Waals surface area contributed by atoms with Gasteiger partial charge in [0.25, 0.3) is 5.91 Å². The van der Waals surface area contributed by atoms with Gasteiger partial charge in [0.2, 0.25) is 0 Å². The summed E-state index contributed by atoms with van der Waals surface area (Å²) in [6, 6.07) is 14.1. The Morgan fingerprint density at radius 1 is 1.18 bits per heavy atom. The number of carbonyl (C=O) groups excluding carboxylic acids is 1. The molecule has 4 heteroatoms. The monoisotopic (exact) mass is 315 g/mol. The first-order chi connectivity index (χ1) is 10.6. The molecule has 0 heterocycles. The molecule has 0 bridgehead atoms. The summed E-state index contributed by atoms with van der Waals surface area (Å²) in [5.41, 5.74) is 4.29. The average Bonchev–Trinajstić information content (AvgIpc) is 2.52. The van der Waals surface area contributed by atoms with Crippen LogP contribution in [-0.4, -0.2) is 24.2 Å². The fraction of sp³-hybridized carbons (Fsp3) is 0.278. The van der Waals surface area contributed by atoms with E-state index >= 15 is 0 Å². The van der Waals surface area contributed by atoms with Crippen LogP contribution in [0.25, 0.3) is 0 Å². The van der Waals surface area contributed by atoms with E-state index in [2.05, 4.69) is 37.4 Å². The second-order valence-corrected chi connectivity index (χ2v) is 6.25. The summed E-state index contributed by atoms with van der Waals surface area (Å²) < 4.78 is 0. The van der Waals surface area contributed by atoms with Crippen LogP contribution in [0.3, 0.4) is 0 Å². The number of rotatable bonds is 6. The SMILES string of the molecule is Cc1ccc(SCc2cccc(C(=O)NCCO)c2)c(C)c1. The third-order valence-electron chi connectivity index (χ3n) is 3.31. The molecule has 0 saturated heterocycles. The van der Waals surface area contributed by atoms with Crippen molar-refractivity contribution >= 4 is 17.7 Å². The summed E-state index contributed by atoms with van der Waals surface area (Å²) in [6.07, 6.45) is 0. The number of nitrogens with one attached hydrogen (secondary N) is 1. The number of benzene rings is 2. The van der Waals surface area contributed by atoms with Crippen LogP contribution >= 0.6 is 11.8 Å². The van der Waals surface area contributed by atoms with Crippen molar-refractivity contribution in [2.75, 3.05) is 13.2 Å². The molecule has 2 aromatic carbocycles. The Bertz CT molecular complexity index is 655. The van der Waals surface area contributed by atoms with Crippen molar-refractivity contribution in [2.45, 2.75) is 24.5 Å². The molecule has 0 atom stereocenters. The quantitative estimate of drug-likeness (QED) is 0.804. The van der Waals surface area contributed by atoms with E-state index in [0.717, 1.165) is 11.3 Å². The predicted molar refractivity (Wildman–Crippen MR) is 91.3 cm³/mol. The van der Waals surface area contributed by atoms with Crippen LogP contribution in [0.4, 0.5) is 0 Å². The minimum absolute atomic E-state index is 0.0476. The summed E-state index contributed by atoms with van der Waals surface area (Å²) in [5.74, 6) is 0.679. The maximum atomic E-state index is 11.9. The van der Waals surface area contributed by atoms with Crippen molar-refractivity contribution < 1.29 is 9.90 Å². The van der Waals surface area contributed by atoms with Gasteiger partial charge in [0.05, 0.1) is 6.61 Å². The van der Waals surface area contributed by atoms with Crippen LogP contribution in [0, 0.1) is 13.8 Å². The van der Waals surface area contributed by atoms with E-state index in [4.69, 9.17) is 5.11 Å². The number of hydrogen-bond donors (Lipinski definition) is 2. The van der Waals surface area contributed by atoms with Crippen molar-refractivity contribution in [1.82, 2.24) is 5.32 Å². The zero-order valence-electron chi connectivity index (χ0n) is 12.9. The van der Waals surface area contributed by atoms with Crippen LogP contribution < -0.4 is 5.32 Å². The zero-order valence-corrected chi connectivity index (χ0v) is 13.7. The topological polar surface area (TPSA) is 49.3 Å². The zero-order chi connectivity index (χ0) is 15.9. The van der Waals surface area contributed by atoms with E-state index in [-0.39, 0.29) is 19.1 Å². The smallest absolute Gasteiger partial charge is 0.251 e. The standard InChI is InChI=1S/C18H21NO2S/c1-13-6-7-17(14(2)10-13)22-12-15-4-3-5-16(11-15)18(21)19-8-9-20/h3-7,10-11,20H,8-9,12H2,1-2H3,(H,19,21). The molecule has 2 rings (SSSR count). The van der Waals surface area contributed by atoms with Gasteiger partial charge >= 0.3 is 0 Å². The Hall–Kier alpha value is -1.78. The van der Waals surface area contributed by atoms with Gasteiger partial charge in [-0.05, 0) is 43.2 Å². The predicted octanol–water partition coefficient (Wildman–Crippen LogP) is 3.32. The number of amides is 1. The molecule has 0 aromatic heterocycles. The van der Waals surface area contributed by atoms with Gasteiger partial charge in [-0.25, -0.2) is 0 Å². The minimum Gasteiger partial charge on any atom is -0.395 e. The second-order valence-electron chi connectivity index (χ2n) is 5.24. The highest BCUT2D eigenvalue weighted by Crippen LogP contribution is 2.26. The molecule has 3 nitrogen and oxygen atoms in total. The molecule has 2 aromatic rings. The summed E-state index contributed by atoms with van der Waals surface area (Å²) in [6.45, 7) is 4.44. The molecule has 0 aliphatic heterocycles. The lowest BCUT2D eigenvalue weighted by Gasteiger charge is -2.08. The highest BCUT2D eigenvalue weighted by molar-refractivity contribution is 7.98. The Morgan fingerprint density at radius 2 is 2.00 bits per heavy atom. The molecule has 0 fully saturated rings. The van der Waals surface area contributed by atoms with Gasteiger partial charge in [-0.2, -0.15) is 0 Å². The number of aliphatic hydroxyl groups is 1. The minimum atomic E-state index is -0.146. The van der Waals surface area contributed by atoms with Gasteiger partial charge in [0.15, 0.2) is 0 Å². The fourth-order valence-electron chi connectivity index (χ4n) is 2.20. The van der Waals surface area contributed by atoms with Crippen molar-refractivity contribution in [2.24, 2.45) is 0 Å². The fourth-order valence-corrected chi connectivity index (χ4v) is 3.15. The highest BCUT2D eigenvalue weighted by atomic mass is 32.2. The van der Waals surface area contributed by atoms with Crippen LogP contribution in [-0.2, 0) is 5.75 Å². The summed E-state index contributed by atoms with van der Waals surface area (Å²) in [7, 11) is 0. The molecule has 1 amide bonds. The van der Waals surface area contributed by atoms with E-state index in [1.807, 2.05) is 18.2 Å². The summed E-state index contributed by atoms with van der Waals surface area (Å²) >= 11 is 1.78. The van der Waals surface area contributed by atoms with E-state index in [9.17, 15) is 4.79 Å². The third kappa shape index (κ3) is 4.61. The lowest BCUT2D eigenvalue weighted by molar-refractivity contribution is 0.0944. The first kappa shape index (κ1) is 16.6. The molecule has 0 aliphatic carbocycles. The maximum Gasteiger partial charge on any atom is 0.251 e. The van der Waals surface area contributed by atoms with Gasteiger partial charge in [0.1, 0.15) is 0 Å². The molecular formula is C18H21NO2S. The number of aryl methyl sites for hydroxylation is 2. The van der Waals surface area contributed by atoms with Crippen molar-refractivity contribution in [3.63, 3.8) is 0 Å². The number of hydrogen-bond acceptors (Lipinski definition) is 3. The summed E-state index contributed by atoms with van der Waals surface area (Å²) in [4.78, 5) is 13.2. The average molecular weight is 315 g/mol. The molecule has 0 spiro atoms. The molecule has 2 N–H and O–H groups in total. The molecule has 22 heavy (non-hydrogen) atoms. The van der Waals surface area contributed by atoms with Crippen LogP contribution in [0.2, 0.25) is 0 Å². The molecule has 0 unspecified atom stereocenters. The highest BCUT2D eigenvalue weighted by Gasteiger charge is 2.06. The lowest BCUT2D eigenvalue weighted by atomic mass is 10.1. The van der Waals surface area contributed by atoms with E-state index in [0.29, 0.717) is 5.56 Å². The summed E-state index contributed by atoms with van der Waals surface area (Å²) in [5, 5.41) is 11.4. The Balaban J connectivity index is 2.02. The number of carbonyl (C=O) groups is 1. The van der Waals surface area contributed by atoms with E-state index in [1.165, 1.54) is 16.0 Å². The number of thioether (sulfide) groups is 1. The molecule has 116 valence electrons. The van der Waals surface area contributed by atoms with Gasteiger partial charge in [-0.3, -0.25) is 4.79 Å². The van der Waals surface area contributed by atoms with E-state index in [1.54, 1.807) is 17.8 Å². The van der Waals surface area contributed by atoms with Crippen molar-refractivity contribution in [1.29, 1.82) is 0 Å². The molecule has 0 saturated carbocycles. The largest absolute Gasteiger partial charge is 0.395 e. The number of aliphatic hydroxyl groups excluding tert-OH is 1. The van der Waals surface area contributed by atoms with Crippen LogP contribution in [0.15, 0.2) is 47.4 Å². The Kier molecular flexibility index (Phi) is 6.04. The van der Waals surface area contributed by atoms with Crippen LogP contribution in [0.5, 0.6) is 0 Å².